The van der Waals surface area contributed by atoms with Gasteiger partial charge in [0.2, 0.25) is 10.0 Å². The Labute approximate surface area is 170 Å². The average molecular weight is 420 g/mol. The summed E-state index contributed by atoms with van der Waals surface area (Å²) in [6, 6.07) is 0. The molecule has 0 unspecified atom stereocenters. The van der Waals surface area contributed by atoms with E-state index in [0.717, 1.165) is 59.2 Å². The smallest absolute Gasteiger partial charge is 0.264 e. The standard InChI is InChI=1S/C20H25N3O3S2/c1-13-18(10-22-28(2,25)26)16-7-8-23(11-15(16)9-21-13)20(24)19-17-6-4-3-5-14(17)12-27-19/h9,12,22H,3-8,10-11H2,1-2H3. The van der Waals surface area contributed by atoms with E-state index < -0.39 is 10.0 Å². The summed E-state index contributed by atoms with van der Waals surface area (Å²) in [6.45, 7) is 3.32. The van der Waals surface area contributed by atoms with Crippen molar-refractivity contribution in [2.45, 2.75) is 52.1 Å². The van der Waals surface area contributed by atoms with Crippen LogP contribution in [0.25, 0.3) is 0 Å². The van der Waals surface area contributed by atoms with E-state index >= 15 is 0 Å². The van der Waals surface area contributed by atoms with Gasteiger partial charge >= 0.3 is 0 Å². The van der Waals surface area contributed by atoms with Crippen LogP contribution in [0.15, 0.2) is 11.6 Å². The molecule has 0 saturated heterocycles. The Morgan fingerprint density at radius 2 is 2.00 bits per heavy atom. The van der Waals surface area contributed by atoms with E-state index in [1.807, 2.05) is 18.0 Å². The van der Waals surface area contributed by atoms with Crippen LogP contribution in [0.2, 0.25) is 0 Å². The maximum Gasteiger partial charge on any atom is 0.264 e. The van der Waals surface area contributed by atoms with Crippen molar-refractivity contribution in [3.8, 4) is 0 Å². The van der Waals surface area contributed by atoms with Gasteiger partial charge in [0.25, 0.3) is 5.91 Å². The van der Waals surface area contributed by atoms with Crippen LogP contribution < -0.4 is 4.72 Å². The van der Waals surface area contributed by atoms with Crippen molar-refractivity contribution in [3.63, 3.8) is 0 Å². The van der Waals surface area contributed by atoms with Crippen LogP contribution in [-0.2, 0) is 42.4 Å². The number of thiophene rings is 1. The van der Waals surface area contributed by atoms with E-state index in [2.05, 4.69) is 15.1 Å². The monoisotopic (exact) mass is 419 g/mol. The van der Waals surface area contributed by atoms with E-state index in [1.165, 1.54) is 17.5 Å². The summed E-state index contributed by atoms with van der Waals surface area (Å²) in [7, 11) is -3.27. The van der Waals surface area contributed by atoms with Crippen LogP contribution in [0.3, 0.4) is 0 Å². The van der Waals surface area contributed by atoms with E-state index in [4.69, 9.17) is 0 Å². The fraction of sp³-hybridized carbons (Fsp3) is 0.500. The molecular weight excluding hydrogens is 394 g/mol. The summed E-state index contributed by atoms with van der Waals surface area (Å²) in [6.07, 6.45) is 8.18. The molecule has 150 valence electrons. The summed E-state index contributed by atoms with van der Waals surface area (Å²) in [5.74, 6) is 0.121. The molecule has 6 nitrogen and oxygen atoms in total. The number of aryl methyl sites for hydroxylation is 2. The molecule has 28 heavy (non-hydrogen) atoms. The predicted octanol–water partition coefficient (Wildman–Crippen LogP) is 2.58. The van der Waals surface area contributed by atoms with Gasteiger partial charge in [-0.1, -0.05) is 0 Å². The number of sulfonamides is 1. The maximum absolute atomic E-state index is 13.2. The molecule has 0 radical (unpaired) electrons. The number of nitrogens with one attached hydrogen (secondary N) is 1. The van der Waals surface area contributed by atoms with Crippen molar-refractivity contribution in [1.82, 2.24) is 14.6 Å². The summed E-state index contributed by atoms with van der Waals surface area (Å²) >= 11 is 1.58. The van der Waals surface area contributed by atoms with E-state index in [-0.39, 0.29) is 12.5 Å². The van der Waals surface area contributed by atoms with Crippen LogP contribution in [0.5, 0.6) is 0 Å². The molecule has 0 saturated carbocycles. The fourth-order valence-corrected chi connectivity index (χ4v) is 5.71. The van der Waals surface area contributed by atoms with Crippen molar-refractivity contribution in [2.75, 3.05) is 12.8 Å². The number of hydrogen-bond acceptors (Lipinski definition) is 5. The van der Waals surface area contributed by atoms with Crippen LogP contribution in [0.1, 0.15) is 56.0 Å². The van der Waals surface area contributed by atoms with E-state index in [1.54, 1.807) is 11.3 Å². The molecular formula is C20H25N3O3S2. The molecule has 0 spiro atoms. The minimum absolute atomic E-state index is 0.121. The Kier molecular flexibility index (Phi) is 5.28. The highest BCUT2D eigenvalue weighted by Crippen LogP contribution is 2.32. The van der Waals surface area contributed by atoms with Gasteiger partial charge in [-0.15, -0.1) is 11.3 Å². The van der Waals surface area contributed by atoms with Gasteiger partial charge in [-0.05, 0) is 72.2 Å². The lowest BCUT2D eigenvalue weighted by atomic mass is 9.92. The van der Waals surface area contributed by atoms with Gasteiger partial charge < -0.3 is 4.90 Å². The Bertz CT molecular complexity index is 1030. The molecule has 2 aromatic heterocycles. The Morgan fingerprint density at radius 3 is 2.79 bits per heavy atom. The molecule has 3 heterocycles. The molecule has 1 N–H and O–H groups in total. The zero-order chi connectivity index (χ0) is 19.9. The molecule has 4 rings (SSSR count). The number of nitrogens with zero attached hydrogens (tertiary/aromatic N) is 2. The number of aromatic nitrogens is 1. The van der Waals surface area contributed by atoms with Gasteiger partial charge in [0, 0.05) is 31.5 Å². The van der Waals surface area contributed by atoms with Crippen molar-refractivity contribution in [1.29, 1.82) is 0 Å². The third kappa shape index (κ3) is 3.86. The second-order valence-corrected chi connectivity index (χ2v) is 10.4. The van der Waals surface area contributed by atoms with Gasteiger partial charge in [-0.2, -0.15) is 0 Å². The molecule has 2 aliphatic rings. The maximum atomic E-state index is 13.2. The minimum Gasteiger partial charge on any atom is -0.333 e. The normalized spacial score (nSPS) is 16.6. The highest BCUT2D eigenvalue weighted by atomic mass is 32.2. The zero-order valence-electron chi connectivity index (χ0n) is 16.2. The lowest BCUT2D eigenvalue weighted by Gasteiger charge is -2.30. The van der Waals surface area contributed by atoms with Gasteiger partial charge in [0.1, 0.15) is 0 Å². The quantitative estimate of drug-likeness (QED) is 0.826. The van der Waals surface area contributed by atoms with Gasteiger partial charge in [-0.25, -0.2) is 13.1 Å². The molecule has 1 aliphatic heterocycles. The predicted molar refractivity (Wildman–Crippen MR) is 110 cm³/mol. The van der Waals surface area contributed by atoms with Gasteiger partial charge in [0.05, 0.1) is 11.1 Å². The first kappa shape index (κ1) is 19.5. The number of carbonyl (C=O) groups excluding carboxylic acids is 1. The SMILES string of the molecule is Cc1ncc2c(c1CNS(C)(=O)=O)CCN(C(=O)c1scc3c1CCCC3)C2. The van der Waals surface area contributed by atoms with Crippen LogP contribution in [0.4, 0.5) is 0 Å². The summed E-state index contributed by atoms with van der Waals surface area (Å²) in [4.78, 5) is 20.4. The Balaban J connectivity index is 1.57. The molecule has 0 fully saturated rings. The number of carbonyl (C=O) groups is 1. The number of pyridine rings is 1. The molecule has 8 heteroatoms. The lowest BCUT2D eigenvalue weighted by Crippen LogP contribution is -2.37. The molecule has 1 amide bonds. The second kappa shape index (κ2) is 7.57. The fourth-order valence-electron chi connectivity index (χ4n) is 4.18. The molecule has 0 aromatic carbocycles. The first-order valence-corrected chi connectivity index (χ1v) is 12.4. The van der Waals surface area contributed by atoms with Crippen molar-refractivity contribution < 1.29 is 13.2 Å². The topological polar surface area (TPSA) is 79.4 Å². The van der Waals surface area contributed by atoms with Crippen molar-refractivity contribution in [2.24, 2.45) is 0 Å². The molecule has 1 aliphatic carbocycles. The average Bonchev–Trinajstić information content (AvgIpc) is 3.09. The van der Waals surface area contributed by atoms with Crippen LogP contribution >= 0.6 is 11.3 Å². The Hall–Kier alpha value is -1.77. The third-order valence-electron chi connectivity index (χ3n) is 5.69. The van der Waals surface area contributed by atoms with Crippen LogP contribution in [0, 0.1) is 6.92 Å². The summed E-state index contributed by atoms with van der Waals surface area (Å²) in [5, 5.41) is 2.15. The number of amides is 1. The first-order valence-electron chi connectivity index (χ1n) is 9.63. The largest absolute Gasteiger partial charge is 0.333 e. The zero-order valence-corrected chi connectivity index (χ0v) is 17.9. The van der Waals surface area contributed by atoms with Crippen LogP contribution in [-0.4, -0.2) is 37.0 Å². The van der Waals surface area contributed by atoms with Crippen molar-refractivity contribution in [3.05, 3.63) is 50.0 Å². The number of hydrogen-bond donors (Lipinski definition) is 1. The molecule has 0 atom stereocenters. The lowest BCUT2D eigenvalue weighted by molar-refractivity contribution is 0.0738. The highest BCUT2D eigenvalue weighted by molar-refractivity contribution is 7.88. The summed E-state index contributed by atoms with van der Waals surface area (Å²) in [5.41, 5.74) is 6.52. The molecule has 0 bridgehead atoms. The third-order valence-corrected chi connectivity index (χ3v) is 7.42. The summed E-state index contributed by atoms with van der Waals surface area (Å²) < 4.78 is 25.6. The highest BCUT2D eigenvalue weighted by Gasteiger charge is 2.28. The van der Waals surface area contributed by atoms with Gasteiger partial charge in [0.15, 0.2) is 0 Å². The first-order chi connectivity index (χ1) is 13.3. The number of rotatable bonds is 4. The number of fused-ring (bicyclic) bond motifs is 2. The minimum atomic E-state index is -3.27. The van der Waals surface area contributed by atoms with Crippen molar-refractivity contribution >= 4 is 27.3 Å². The van der Waals surface area contributed by atoms with E-state index in [0.29, 0.717) is 13.1 Å². The molecule has 2 aromatic rings. The second-order valence-electron chi connectivity index (χ2n) is 7.67. The van der Waals surface area contributed by atoms with E-state index in [9.17, 15) is 13.2 Å². The Morgan fingerprint density at radius 1 is 1.21 bits per heavy atom. The van der Waals surface area contributed by atoms with Gasteiger partial charge in [-0.3, -0.25) is 9.78 Å².